The molecule has 1 aromatic rings. The van der Waals surface area contributed by atoms with Crippen molar-refractivity contribution in [3.63, 3.8) is 0 Å². The van der Waals surface area contributed by atoms with Gasteiger partial charge in [0.2, 0.25) is 10.0 Å². The molecule has 0 aliphatic heterocycles. The summed E-state index contributed by atoms with van der Waals surface area (Å²) >= 11 is 6.50. The molecular weight excluding hydrogens is 366 g/mol. The SMILES string of the molecule is CCC(CC)(CNS(=O)(=O)c1cc(Br)sc1C)SC. The van der Waals surface area contributed by atoms with E-state index in [2.05, 4.69) is 34.5 Å². The fourth-order valence-electron chi connectivity index (χ4n) is 1.86. The highest BCUT2D eigenvalue weighted by atomic mass is 79.9. The van der Waals surface area contributed by atoms with Crippen LogP contribution in [0.25, 0.3) is 0 Å². The minimum absolute atomic E-state index is 0.0196. The highest BCUT2D eigenvalue weighted by Crippen LogP contribution is 2.32. The standard InChI is InChI=1S/C12H20BrNO2S3/c1-5-12(6-2,17-4)8-14-19(15,16)10-7-11(13)18-9(10)3/h7,14H,5-6,8H2,1-4H3. The van der Waals surface area contributed by atoms with Crippen molar-refractivity contribution < 1.29 is 8.42 Å². The molecule has 0 aromatic carbocycles. The lowest BCUT2D eigenvalue weighted by Gasteiger charge is -2.29. The van der Waals surface area contributed by atoms with Crippen LogP contribution in [-0.4, -0.2) is 26.0 Å². The van der Waals surface area contributed by atoms with E-state index in [1.165, 1.54) is 11.3 Å². The van der Waals surface area contributed by atoms with Gasteiger partial charge in [-0.25, -0.2) is 13.1 Å². The zero-order valence-corrected chi connectivity index (χ0v) is 15.7. The zero-order chi connectivity index (χ0) is 14.7. The number of thiophene rings is 1. The summed E-state index contributed by atoms with van der Waals surface area (Å²) in [7, 11) is -3.42. The molecule has 0 spiro atoms. The Hall–Kier alpha value is 0.440. The second-order valence-corrected chi connectivity index (χ2v) is 10.0. The van der Waals surface area contributed by atoms with Crippen LogP contribution in [0, 0.1) is 6.92 Å². The molecular formula is C12H20BrNO2S3. The van der Waals surface area contributed by atoms with Gasteiger partial charge in [0.1, 0.15) is 0 Å². The molecule has 0 bridgehead atoms. The average molecular weight is 386 g/mol. The van der Waals surface area contributed by atoms with Gasteiger partial charge >= 0.3 is 0 Å². The first-order chi connectivity index (χ1) is 8.80. The third-order valence-electron chi connectivity index (χ3n) is 3.44. The van der Waals surface area contributed by atoms with Gasteiger partial charge in [-0.15, -0.1) is 11.3 Å². The van der Waals surface area contributed by atoms with E-state index in [-0.39, 0.29) is 4.75 Å². The Kier molecular flexibility index (Phi) is 6.38. The second kappa shape index (κ2) is 6.93. The fraction of sp³-hybridized carbons (Fsp3) is 0.667. The van der Waals surface area contributed by atoms with E-state index in [0.29, 0.717) is 11.4 Å². The van der Waals surface area contributed by atoms with Gasteiger partial charge in [-0.3, -0.25) is 0 Å². The summed E-state index contributed by atoms with van der Waals surface area (Å²) in [6.07, 6.45) is 3.92. The first-order valence-electron chi connectivity index (χ1n) is 6.11. The third kappa shape index (κ3) is 4.20. The minimum Gasteiger partial charge on any atom is -0.210 e. The normalized spacial score (nSPS) is 12.9. The van der Waals surface area contributed by atoms with Gasteiger partial charge in [0.05, 0.1) is 8.68 Å². The van der Waals surface area contributed by atoms with E-state index in [0.717, 1.165) is 21.5 Å². The van der Waals surface area contributed by atoms with Crippen molar-refractivity contribution in [2.45, 2.75) is 43.3 Å². The number of hydrogen-bond acceptors (Lipinski definition) is 4. The Morgan fingerprint density at radius 1 is 1.42 bits per heavy atom. The van der Waals surface area contributed by atoms with Crippen LogP contribution in [0.2, 0.25) is 0 Å². The van der Waals surface area contributed by atoms with Crippen molar-refractivity contribution in [3.05, 3.63) is 14.7 Å². The van der Waals surface area contributed by atoms with Crippen LogP contribution in [-0.2, 0) is 10.0 Å². The highest BCUT2D eigenvalue weighted by molar-refractivity contribution is 9.11. The zero-order valence-electron chi connectivity index (χ0n) is 11.6. The number of nitrogens with one attached hydrogen (secondary N) is 1. The van der Waals surface area contributed by atoms with Gasteiger partial charge in [-0.1, -0.05) is 13.8 Å². The monoisotopic (exact) mass is 385 g/mol. The van der Waals surface area contributed by atoms with Crippen molar-refractivity contribution in [2.75, 3.05) is 12.8 Å². The van der Waals surface area contributed by atoms with Crippen molar-refractivity contribution in [1.82, 2.24) is 4.72 Å². The molecule has 1 aromatic heterocycles. The van der Waals surface area contributed by atoms with Gasteiger partial charge in [0, 0.05) is 16.2 Å². The predicted molar refractivity (Wildman–Crippen MR) is 88.8 cm³/mol. The summed E-state index contributed by atoms with van der Waals surface area (Å²) in [5.41, 5.74) is 0. The topological polar surface area (TPSA) is 46.2 Å². The van der Waals surface area contributed by atoms with E-state index < -0.39 is 10.0 Å². The van der Waals surface area contributed by atoms with E-state index >= 15 is 0 Å². The van der Waals surface area contributed by atoms with E-state index in [9.17, 15) is 8.42 Å². The van der Waals surface area contributed by atoms with Gasteiger partial charge in [-0.2, -0.15) is 11.8 Å². The van der Waals surface area contributed by atoms with E-state index in [1.54, 1.807) is 17.8 Å². The molecule has 1 heterocycles. The first kappa shape index (κ1) is 17.5. The van der Waals surface area contributed by atoms with Crippen molar-refractivity contribution in [3.8, 4) is 0 Å². The molecule has 0 amide bonds. The molecule has 0 aliphatic rings. The van der Waals surface area contributed by atoms with Gasteiger partial charge in [0.15, 0.2) is 0 Å². The quantitative estimate of drug-likeness (QED) is 0.770. The molecule has 0 aliphatic carbocycles. The molecule has 1 N–H and O–H groups in total. The lowest BCUT2D eigenvalue weighted by atomic mass is 10.0. The van der Waals surface area contributed by atoms with Crippen molar-refractivity contribution >= 4 is 49.1 Å². The molecule has 0 fully saturated rings. The minimum atomic E-state index is -3.42. The Balaban J connectivity index is 2.90. The summed E-state index contributed by atoms with van der Waals surface area (Å²) in [6.45, 7) is 6.49. The molecule has 19 heavy (non-hydrogen) atoms. The van der Waals surface area contributed by atoms with Crippen LogP contribution < -0.4 is 4.72 Å². The Morgan fingerprint density at radius 3 is 2.37 bits per heavy atom. The van der Waals surface area contributed by atoms with Crippen LogP contribution in [0.3, 0.4) is 0 Å². The highest BCUT2D eigenvalue weighted by Gasteiger charge is 2.28. The summed E-state index contributed by atoms with van der Waals surface area (Å²) < 4.78 is 28.2. The number of sulfonamides is 1. The second-order valence-electron chi connectivity index (χ2n) is 4.39. The largest absolute Gasteiger partial charge is 0.241 e. The molecule has 0 saturated heterocycles. The summed E-state index contributed by atoms with van der Waals surface area (Å²) in [6, 6.07) is 1.67. The fourth-order valence-corrected chi connectivity index (χ4v) is 6.29. The van der Waals surface area contributed by atoms with Gasteiger partial charge < -0.3 is 0 Å². The van der Waals surface area contributed by atoms with Crippen molar-refractivity contribution in [2.24, 2.45) is 0 Å². The number of thioether (sulfide) groups is 1. The Morgan fingerprint density at radius 2 is 2.00 bits per heavy atom. The lowest BCUT2D eigenvalue weighted by molar-refractivity contribution is 0.522. The summed E-state index contributed by atoms with van der Waals surface area (Å²) in [5.74, 6) is 0. The van der Waals surface area contributed by atoms with E-state index in [4.69, 9.17) is 0 Å². The smallest absolute Gasteiger partial charge is 0.210 e. The molecule has 0 atom stereocenters. The number of halogens is 1. The number of aryl methyl sites for hydroxylation is 1. The van der Waals surface area contributed by atoms with E-state index in [1.807, 2.05) is 13.2 Å². The molecule has 7 heteroatoms. The van der Waals surface area contributed by atoms with Crippen LogP contribution >= 0.6 is 39.0 Å². The third-order valence-corrected chi connectivity index (χ3v) is 8.24. The molecule has 1 rings (SSSR count). The Labute approximate surface area is 132 Å². The molecule has 0 saturated carbocycles. The maximum atomic E-state index is 12.3. The van der Waals surface area contributed by atoms with Gasteiger partial charge in [0.25, 0.3) is 0 Å². The van der Waals surface area contributed by atoms with Crippen LogP contribution in [0.4, 0.5) is 0 Å². The van der Waals surface area contributed by atoms with Crippen LogP contribution in [0.15, 0.2) is 14.7 Å². The van der Waals surface area contributed by atoms with Crippen molar-refractivity contribution in [1.29, 1.82) is 0 Å². The molecule has 0 radical (unpaired) electrons. The maximum Gasteiger partial charge on any atom is 0.241 e. The maximum absolute atomic E-state index is 12.3. The lowest BCUT2D eigenvalue weighted by Crippen LogP contribution is -2.39. The first-order valence-corrected chi connectivity index (χ1v) is 10.4. The van der Waals surface area contributed by atoms with Gasteiger partial charge in [-0.05, 0) is 48.0 Å². The molecule has 0 unspecified atom stereocenters. The Bertz CT molecular complexity index is 513. The molecule has 3 nitrogen and oxygen atoms in total. The molecule has 110 valence electrons. The summed E-state index contributed by atoms with van der Waals surface area (Å²) in [5, 5.41) is 0. The number of rotatable bonds is 7. The average Bonchev–Trinajstić information content (AvgIpc) is 2.72. The van der Waals surface area contributed by atoms with Crippen LogP contribution in [0.5, 0.6) is 0 Å². The van der Waals surface area contributed by atoms with Crippen LogP contribution in [0.1, 0.15) is 31.6 Å². The number of hydrogen-bond donors (Lipinski definition) is 1. The summed E-state index contributed by atoms with van der Waals surface area (Å²) in [4.78, 5) is 1.19. The predicted octanol–water partition coefficient (Wildman–Crippen LogP) is 4.02.